The molecule has 0 aromatic heterocycles. The van der Waals surface area contributed by atoms with Crippen LogP contribution >= 0.6 is 0 Å². The number of rotatable bonds is 6. The molecule has 5 N–H and O–H groups in total. The smallest absolute Gasteiger partial charge is 0.0290 e. The third kappa shape index (κ3) is 3.53. The zero-order valence-electron chi connectivity index (χ0n) is 10.6. The highest BCUT2D eigenvalue weighted by Gasteiger charge is 1.99. The van der Waals surface area contributed by atoms with Crippen molar-refractivity contribution in [1.29, 1.82) is 0 Å². The first kappa shape index (κ1) is 13.0. The lowest BCUT2D eigenvalue weighted by Crippen LogP contribution is -2.40. The van der Waals surface area contributed by atoms with Crippen molar-refractivity contribution in [3.05, 3.63) is 48.0 Å². The number of fused-ring (bicyclic) bond motifs is 1. The van der Waals surface area contributed by atoms with E-state index in [2.05, 4.69) is 47.8 Å². The molecule has 0 saturated carbocycles. The highest BCUT2D eigenvalue weighted by Crippen LogP contribution is 2.15. The van der Waals surface area contributed by atoms with Crippen molar-refractivity contribution >= 4 is 10.8 Å². The summed E-state index contributed by atoms with van der Waals surface area (Å²) in [7, 11) is 0. The first-order valence-corrected chi connectivity index (χ1v) is 6.43. The summed E-state index contributed by atoms with van der Waals surface area (Å²) in [6.45, 7) is 2.25. The van der Waals surface area contributed by atoms with Crippen LogP contribution in [0.1, 0.15) is 5.56 Å². The van der Waals surface area contributed by atoms with Gasteiger partial charge < -0.3 is 16.8 Å². The van der Waals surface area contributed by atoms with Gasteiger partial charge in [0, 0.05) is 19.1 Å². The molecule has 0 saturated heterocycles. The van der Waals surface area contributed by atoms with E-state index in [1.54, 1.807) is 0 Å². The van der Waals surface area contributed by atoms with E-state index in [0.29, 0.717) is 6.54 Å². The van der Waals surface area contributed by atoms with Gasteiger partial charge in [-0.1, -0.05) is 42.5 Å². The van der Waals surface area contributed by atoms with Crippen molar-refractivity contribution in [1.82, 2.24) is 5.32 Å². The predicted octanol–water partition coefficient (Wildman–Crippen LogP) is 1.26. The second-order valence-corrected chi connectivity index (χ2v) is 4.63. The fraction of sp³-hybridized carbons (Fsp3) is 0.333. The maximum absolute atomic E-state index is 5.74. The van der Waals surface area contributed by atoms with Crippen molar-refractivity contribution in [3.8, 4) is 0 Å². The molecule has 0 radical (unpaired) electrons. The fourth-order valence-corrected chi connectivity index (χ4v) is 2.00. The fourth-order valence-electron chi connectivity index (χ4n) is 2.00. The molecule has 0 fully saturated rings. The predicted molar refractivity (Wildman–Crippen MR) is 77.6 cm³/mol. The number of nitrogens with two attached hydrogens (primary N) is 2. The van der Waals surface area contributed by atoms with Crippen LogP contribution in [-0.2, 0) is 6.42 Å². The molecule has 3 nitrogen and oxygen atoms in total. The Morgan fingerprint density at radius 1 is 1.06 bits per heavy atom. The van der Waals surface area contributed by atoms with Gasteiger partial charge in [-0.05, 0) is 29.3 Å². The number of hydrogen-bond acceptors (Lipinski definition) is 3. The zero-order chi connectivity index (χ0) is 12.8. The van der Waals surface area contributed by atoms with E-state index in [-0.39, 0.29) is 6.04 Å². The van der Waals surface area contributed by atoms with Crippen molar-refractivity contribution < 1.29 is 0 Å². The molecule has 96 valence electrons. The molecule has 0 bridgehead atoms. The van der Waals surface area contributed by atoms with Gasteiger partial charge in [-0.2, -0.15) is 0 Å². The molecule has 2 aromatic rings. The zero-order valence-corrected chi connectivity index (χ0v) is 10.6. The SMILES string of the molecule is NCC(N)CNCCc1ccc2ccccc2c1. The van der Waals surface area contributed by atoms with Gasteiger partial charge in [0.15, 0.2) is 0 Å². The molecular weight excluding hydrogens is 222 g/mol. The number of nitrogens with one attached hydrogen (secondary N) is 1. The van der Waals surface area contributed by atoms with E-state index in [9.17, 15) is 0 Å². The summed E-state index contributed by atoms with van der Waals surface area (Å²) in [5.41, 5.74) is 12.6. The third-order valence-electron chi connectivity index (χ3n) is 3.11. The summed E-state index contributed by atoms with van der Waals surface area (Å²) in [6, 6.07) is 15.1. The van der Waals surface area contributed by atoms with E-state index in [4.69, 9.17) is 11.5 Å². The highest BCUT2D eigenvalue weighted by atomic mass is 14.9. The summed E-state index contributed by atoms with van der Waals surface area (Å²) in [5.74, 6) is 0. The minimum atomic E-state index is 0.0570. The van der Waals surface area contributed by atoms with Crippen LogP contribution in [0.4, 0.5) is 0 Å². The molecule has 0 spiro atoms. The van der Waals surface area contributed by atoms with Gasteiger partial charge in [0.2, 0.25) is 0 Å². The minimum absolute atomic E-state index is 0.0570. The summed E-state index contributed by atoms with van der Waals surface area (Å²) in [5, 5.41) is 5.92. The lowest BCUT2D eigenvalue weighted by molar-refractivity contribution is 0.583. The van der Waals surface area contributed by atoms with E-state index >= 15 is 0 Å². The lowest BCUT2D eigenvalue weighted by Gasteiger charge is -2.10. The van der Waals surface area contributed by atoms with Gasteiger partial charge in [-0.15, -0.1) is 0 Å². The molecule has 3 heteroatoms. The summed E-state index contributed by atoms with van der Waals surface area (Å²) < 4.78 is 0. The quantitative estimate of drug-likeness (QED) is 0.669. The van der Waals surface area contributed by atoms with E-state index in [1.165, 1.54) is 16.3 Å². The largest absolute Gasteiger partial charge is 0.329 e. The molecule has 2 rings (SSSR count). The van der Waals surface area contributed by atoms with Gasteiger partial charge in [-0.3, -0.25) is 0 Å². The molecule has 0 aliphatic rings. The molecule has 0 amide bonds. The molecule has 0 aliphatic heterocycles. The van der Waals surface area contributed by atoms with Crippen molar-refractivity contribution in [2.45, 2.75) is 12.5 Å². The van der Waals surface area contributed by atoms with E-state index in [1.807, 2.05) is 0 Å². The molecule has 1 atom stereocenters. The normalized spacial score (nSPS) is 12.8. The maximum atomic E-state index is 5.74. The van der Waals surface area contributed by atoms with Crippen LogP contribution in [-0.4, -0.2) is 25.7 Å². The molecule has 18 heavy (non-hydrogen) atoms. The van der Waals surface area contributed by atoms with Gasteiger partial charge in [0.05, 0.1) is 0 Å². The summed E-state index contributed by atoms with van der Waals surface area (Å²) in [6.07, 6.45) is 1.02. The highest BCUT2D eigenvalue weighted by molar-refractivity contribution is 5.82. The van der Waals surface area contributed by atoms with Crippen LogP contribution in [0.5, 0.6) is 0 Å². The first-order chi connectivity index (χ1) is 8.79. The minimum Gasteiger partial charge on any atom is -0.329 e. The summed E-state index contributed by atoms with van der Waals surface area (Å²) in [4.78, 5) is 0. The third-order valence-corrected chi connectivity index (χ3v) is 3.11. The standard InChI is InChI=1S/C15H21N3/c16-10-15(17)11-18-8-7-12-5-6-13-3-1-2-4-14(13)9-12/h1-6,9,15,18H,7-8,10-11,16-17H2. The van der Waals surface area contributed by atoms with Crippen LogP contribution in [0.2, 0.25) is 0 Å². The Morgan fingerprint density at radius 3 is 2.61 bits per heavy atom. The Morgan fingerprint density at radius 2 is 1.83 bits per heavy atom. The van der Waals surface area contributed by atoms with Crippen molar-refractivity contribution in [2.24, 2.45) is 11.5 Å². The molecule has 0 heterocycles. The van der Waals surface area contributed by atoms with Crippen molar-refractivity contribution in [2.75, 3.05) is 19.6 Å². The van der Waals surface area contributed by atoms with Gasteiger partial charge in [0.1, 0.15) is 0 Å². The van der Waals surface area contributed by atoms with Gasteiger partial charge in [-0.25, -0.2) is 0 Å². The average molecular weight is 243 g/mol. The van der Waals surface area contributed by atoms with Gasteiger partial charge in [0.25, 0.3) is 0 Å². The van der Waals surface area contributed by atoms with E-state index < -0.39 is 0 Å². The van der Waals surface area contributed by atoms with Crippen molar-refractivity contribution in [3.63, 3.8) is 0 Å². The summed E-state index contributed by atoms with van der Waals surface area (Å²) >= 11 is 0. The second-order valence-electron chi connectivity index (χ2n) is 4.63. The van der Waals surface area contributed by atoms with Gasteiger partial charge >= 0.3 is 0 Å². The Kier molecular flexibility index (Phi) is 4.70. The number of benzene rings is 2. The van der Waals surface area contributed by atoms with Crippen LogP contribution in [0, 0.1) is 0 Å². The van der Waals surface area contributed by atoms with Crippen LogP contribution in [0.25, 0.3) is 10.8 Å². The van der Waals surface area contributed by atoms with Crippen LogP contribution in [0.15, 0.2) is 42.5 Å². The average Bonchev–Trinajstić information content (AvgIpc) is 2.43. The monoisotopic (exact) mass is 243 g/mol. The Bertz CT molecular complexity index is 496. The topological polar surface area (TPSA) is 64.1 Å². The molecule has 1 unspecified atom stereocenters. The Hall–Kier alpha value is -1.42. The first-order valence-electron chi connectivity index (χ1n) is 6.43. The molecule has 0 aliphatic carbocycles. The van der Waals surface area contributed by atoms with Crippen LogP contribution < -0.4 is 16.8 Å². The molecule has 2 aromatic carbocycles. The van der Waals surface area contributed by atoms with E-state index in [0.717, 1.165) is 19.5 Å². The lowest BCUT2D eigenvalue weighted by atomic mass is 10.1. The van der Waals surface area contributed by atoms with Crippen LogP contribution in [0.3, 0.4) is 0 Å². The maximum Gasteiger partial charge on any atom is 0.0290 e. The Labute approximate surface area is 108 Å². The number of hydrogen-bond donors (Lipinski definition) is 3. The second kappa shape index (κ2) is 6.50. The Balaban J connectivity index is 1.88. The molecular formula is C15H21N3.